The van der Waals surface area contributed by atoms with Crippen LogP contribution in [0.4, 0.5) is 0 Å². The predicted molar refractivity (Wildman–Crippen MR) is 155 cm³/mol. The average molecular weight is 568 g/mol. The molecule has 0 bridgehead atoms. The molecule has 4 aromatic rings. The lowest BCUT2D eigenvalue weighted by Crippen LogP contribution is -1.90. The average Bonchev–Trinajstić information content (AvgIpc) is 2.85. The van der Waals surface area contributed by atoms with Gasteiger partial charge in [-0.1, -0.05) is 115 Å². The quantitative estimate of drug-likeness (QED) is 0.113. The molecular weight excluding hydrogens is 538 g/mol. The Morgan fingerprint density at radius 3 is 2.24 bits per heavy atom. The summed E-state index contributed by atoms with van der Waals surface area (Å²) in [7, 11) is 0. The first-order valence-corrected chi connectivity index (χ1v) is 14.8. The molecule has 0 saturated carbocycles. The third-order valence-electron chi connectivity index (χ3n) is 4.93. The molecule has 0 fully saturated rings. The summed E-state index contributed by atoms with van der Waals surface area (Å²) in [4.78, 5) is 0. The molecule has 2 nitrogen and oxygen atoms in total. The molecule has 0 radical (unpaired) electrons. The van der Waals surface area contributed by atoms with E-state index in [0.717, 1.165) is 22.8 Å². The molecule has 0 aliphatic carbocycles. The molecule has 0 aliphatic rings. The summed E-state index contributed by atoms with van der Waals surface area (Å²) in [5.74, 6) is 1.50. The van der Waals surface area contributed by atoms with Crippen LogP contribution in [0.3, 0.4) is 0 Å². The van der Waals surface area contributed by atoms with Crippen molar-refractivity contribution in [2.45, 2.75) is 20.3 Å². The molecule has 0 saturated heterocycles. The Bertz CT molecular complexity index is 1190. The smallest absolute Gasteiger partial charge is 0.128 e. The second-order valence-electron chi connectivity index (χ2n) is 7.29. The maximum absolute atomic E-state index is 9.57. The molecule has 4 rings (SSSR count). The number of hydrogen-bond acceptors (Lipinski definition) is 2. The number of benzene rings is 4. The van der Waals surface area contributed by atoms with Crippen LogP contribution in [0.15, 0.2) is 109 Å². The highest BCUT2D eigenvalue weighted by Crippen LogP contribution is 2.25. The molecule has 1 atom stereocenters. The minimum Gasteiger partial charge on any atom is -0.508 e. The van der Waals surface area contributed by atoms with E-state index in [9.17, 15) is 5.11 Å². The van der Waals surface area contributed by atoms with Gasteiger partial charge in [0.2, 0.25) is 0 Å². The number of aromatic hydroxyl groups is 1. The van der Waals surface area contributed by atoms with Crippen LogP contribution in [0.2, 0.25) is 0 Å². The highest BCUT2D eigenvalue weighted by Gasteiger charge is 2.00. The van der Waals surface area contributed by atoms with Crippen LogP contribution in [0.25, 0.3) is 16.8 Å². The largest absolute Gasteiger partial charge is 0.508 e. The van der Waals surface area contributed by atoms with Crippen LogP contribution in [0.5, 0.6) is 11.5 Å². The number of hydrogen-bond donors (Lipinski definition) is 1. The van der Waals surface area contributed by atoms with Crippen molar-refractivity contribution < 1.29 is 9.84 Å². The second kappa shape index (κ2) is 14.5. The summed E-state index contributed by atoms with van der Waals surface area (Å²) in [6.07, 6.45) is 4.99. The van der Waals surface area contributed by atoms with E-state index in [0.29, 0.717) is 11.5 Å². The standard InChI is InChI=1S/C21H18O2.C8H10.H2IP/c1-15-5-3-4-6-17(15)8-7-16(2)23-21-12-10-18-9-11-20(22)13-19(18)14-21;1-2-8-6-4-3-5-7-8;1-2/h3-14,22H,2H2,1H3;3-7H,2H2,1H3;2H2/b8-7-;;. The van der Waals surface area contributed by atoms with E-state index < -0.39 is 0 Å². The van der Waals surface area contributed by atoms with E-state index in [2.05, 4.69) is 85.7 Å². The minimum absolute atomic E-state index is 0.243. The zero-order valence-corrected chi connectivity index (χ0v) is 22.4. The Hall–Kier alpha value is -2.62. The van der Waals surface area contributed by atoms with Gasteiger partial charge in [0.15, 0.2) is 0 Å². The van der Waals surface area contributed by atoms with Crippen LogP contribution in [0, 0.1) is 6.92 Å². The summed E-state index contributed by atoms with van der Waals surface area (Å²) < 4.78 is 5.76. The van der Waals surface area contributed by atoms with Gasteiger partial charge in [-0.2, -0.15) is 0 Å². The SMILES string of the molecule is C=C(/C=C\c1ccccc1C)Oc1ccc2ccc(O)cc2c1.CCc1ccccc1.PI. The molecule has 0 spiro atoms. The third-order valence-corrected chi connectivity index (χ3v) is 4.93. The number of allylic oxidation sites excluding steroid dienone is 1. The van der Waals surface area contributed by atoms with Crippen molar-refractivity contribution in [3.63, 3.8) is 0 Å². The van der Waals surface area contributed by atoms with Crippen molar-refractivity contribution in [3.8, 4) is 11.5 Å². The van der Waals surface area contributed by atoms with E-state index in [1.165, 1.54) is 11.1 Å². The first-order chi connectivity index (χ1) is 16.0. The van der Waals surface area contributed by atoms with Crippen molar-refractivity contribution in [2.75, 3.05) is 0 Å². The maximum atomic E-state index is 9.57. The fraction of sp³-hybridized carbons (Fsp3) is 0.103. The zero-order chi connectivity index (χ0) is 24.1. The number of ether oxygens (including phenoxy) is 1. The lowest BCUT2D eigenvalue weighted by Gasteiger charge is -2.07. The summed E-state index contributed by atoms with van der Waals surface area (Å²) >= 11 is 2.07. The summed E-state index contributed by atoms with van der Waals surface area (Å²) in [5.41, 5.74) is 3.76. The summed E-state index contributed by atoms with van der Waals surface area (Å²) in [6, 6.07) is 29.6. The van der Waals surface area contributed by atoms with Crippen molar-refractivity contribution in [3.05, 3.63) is 126 Å². The number of aryl methyl sites for hydroxylation is 2. The Morgan fingerprint density at radius 2 is 1.58 bits per heavy atom. The number of phenols is 1. The van der Waals surface area contributed by atoms with Gasteiger partial charge in [0, 0.05) is 0 Å². The van der Waals surface area contributed by atoms with Gasteiger partial charge in [-0.25, -0.2) is 0 Å². The topological polar surface area (TPSA) is 29.5 Å². The number of fused-ring (bicyclic) bond motifs is 1. The fourth-order valence-corrected chi connectivity index (χ4v) is 3.13. The zero-order valence-electron chi connectivity index (χ0n) is 19.0. The van der Waals surface area contributed by atoms with E-state index in [4.69, 9.17) is 4.74 Å². The maximum Gasteiger partial charge on any atom is 0.128 e. The van der Waals surface area contributed by atoms with E-state index >= 15 is 0 Å². The lowest BCUT2D eigenvalue weighted by atomic mass is 10.1. The van der Waals surface area contributed by atoms with Gasteiger partial charge in [0.05, 0.1) is 0 Å². The highest BCUT2D eigenvalue weighted by molar-refractivity contribution is 14.2. The van der Waals surface area contributed by atoms with Crippen LogP contribution < -0.4 is 4.74 Å². The van der Waals surface area contributed by atoms with Gasteiger partial charge in [0.1, 0.15) is 17.3 Å². The summed E-state index contributed by atoms with van der Waals surface area (Å²) in [5, 5.41) is 11.6. The molecule has 0 aromatic heterocycles. The van der Waals surface area contributed by atoms with Gasteiger partial charge < -0.3 is 9.84 Å². The van der Waals surface area contributed by atoms with Crippen molar-refractivity contribution in [1.29, 1.82) is 0 Å². The van der Waals surface area contributed by atoms with Crippen LogP contribution in [-0.2, 0) is 6.42 Å². The van der Waals surface area contributed by atoms with Crippen LogP contribution in [0.1, 0.15) is 23.6 Å². The third kappa shape index (κ3) is 9.03. The van der Waals surface area contributed by atoms with Gasteiger partial charge in [-0.05, 0) is 71.1 Å². The van der Waals surface area contributed by atoms with E-state index in [1.54, 1.807) is 12.1 Å². The van der Waals surface area contributed by atoms with E-state index in [-0.39, 0.29) is 5.75 Å². The van der Waals surface area contributed by atoms with E-state index in [1.807, 2.05) is 54.6 Å². The molecule has 33 heavy (non-hydrogen) atoms. The molecule has 4 aromatic carbocycles. The second-order valence-corrected chi connectivity index (χ2v) is 7.29. The van der Waals surface area contributed by atoms with Crippen molar-refractivity contribution in [2.24, 2.45) is 0 Å². The van der Waals surface area contributed by atoms with Gasteiger partial charge in [-0.3, -0.25) is 0 Å². The Kier molecular flexibility index (Phi) is 11.7. The molecular formula is C29H30IO2P. The van der Waals surface area contributed by atoms with Crippen molar-refractivity contribution in [1.82, 2.24) is 0 Å². The Balaban J connectivity index is 0.000000323. The normalized spacial score (nSPS) is 10.1. The van der Waals surface area contributed by atoms with Crippen LogP contribution in [-0.4, -0.2) is 5.11 Å². The molecule has 170 valence electrons. The van der Waals surface area contributed by atoms with Gasteiger partial charge in [0.25, 0.3) is 0 Å². The highest BCUT2D eigenvalue weighted by atomic mass is 127. The predicted octanol–water partition coefficient (Wildman–Crippen LogP) is 8.92. The molecule has 1 unspecified atom stereocenters. The van der Waals surface area contributed by atoms with Gasteiger partial charge >= 0.3 is 0 Å². The first kappa shape index (κ1) is 26.6. The molecule has 0 aliphatic heterocycles. The molecule has 4 heteroatoms. The number of rotatable bonds is 5. The minimum atomic E-state index is 0.243. The summed E-state index contributed by atoms with van der Waals surface area (Å²) in [6.45, 7) is 10.6. The van der Waals surface area contributed by atoms with Crippen molar-refractivity contribution >= 4 is 45.8 Å². The van der Waals surface area contributed by atoms with Crippen LogP contribution >= 0.6 is 28.9 Å². The Morgan fingerprint density at radius 1 is 0.909 bits per heavy atom. The monoisotopic (exact) mass is 568 g/mol. The number of halogens is 1. The Labute approximate surface area is 212 Å². The molecule has 0 amide bonds. The first-order valence-electron chi connectivity index (χ1n) is 10.6. The lowest BCUT2D eigenvalue weighted by molar-refractivity contribution is 0.448. The molecule has 1 N–H and O–H groups in total. The molecule has 0 heterocycles. The van der Waals surface area contributed by atoms with Gasteiger partial charge in [-0.15, -0.1) is 0 Å². The number of phenolic OH excluding ortho intramolecular Hbond substituents is 1. The fourth-order valence-electron chi connectivity index (χ4n) is 3.13.